The third-order valence-corrected chi connectivity index (χ3v) is 2.54. The first kappa shape index (κ1) is 10.8. The molecule has 86 valence electrons. The van der Waals surface area contributed by atoms with E-state index in [0.717, 1.165) is 12.2 Å². The van der Waals surface area contributed by atoms with Gasteiger partial charge in [-0.3, -0.25) is 5.41 Å². The average molecular weight is 221 g/mol. The minimum atomic E-state index is 0.119. The lowest BCUT2D eigenvalue weighted by Gasteiger charge is -2.05. The lowest BCUT2D eigenvalue weighted by molar-refractivity contribution is 0.278. The van der Waals surface area contributed by atoms with E-state index in [9.17, 15) is 0 Å². The predicted octanol–water partition coefficient (Wildman–Crippen LogP) is 0.115. The predicted molar refractivity (Wildman–Crippen MR) is 58.7 cm³/mol. The number of nitrogens with zero attached hydrogens (tertiary/aromatic N) is 4. The molecule has 0 aliphatic carbocycles. The molecule has 0 atom stereocenters. The van der Waals surface area contributed by atoms with Crippen molar-refractivity contribution in [1.82, 2.24) is 19.1 Å². The molecule has 0 spiro atoms. The standard InChI is InChI=1S/C10H15N5O/c1-2-14-6-12-8-9(11)15(4-3-5-16)7-13-10(8)14/h6-7,11,16H,2-5H2,1H3. The highest BCUT2D eigenvalue weighted by atomic mass is 16.3. The summed E-state index contributed by atoms with van der Waals surface area (Å²) in [7, 11) is 0. The zero-order valence-electron chi connectivity index (χ0n) is 9.22. The summed E-state index contributed by atoms with van der Waals surface area (Å²) in [5.74, 6) is 0. The topological polar surface area (TPSA) is 79.7 Å². The molecule has 2 N–H and O–H groups in total. The molecule has 0 aliphatic rings. The normalized spacial score (nSPS) is 11.1. The number of aliphatic hydroxyl groups is 1. The monoisotopic (exact) mass is 221 g/mol. The van der Waals surface area contributed by atoms with Gasteiger partial charge >= 0.3 is 0 Å². The van der Waals surface area contributed by atoms with Crippen molar-refractivity contribution in [3.05, 3.63) is 18.1 Å². The maximum atomic E-state index is 8.76. The number of hydrogen-bond acceptors (Lipinski definition) is 4. The highest BCUT2D eigenvalue weighted by molar-refractivity contribution is 5.68. The Balaban J connectivity index is 2.49. The summed E-state index contributed by atoms with van der Waals surface area (Å²) >= 11 is 0. The van der Waals surface area contributed by atoms with Crippen LogP contribution < -0.4 is 5.49 Å². The molecule has 0 aromatic carbocycles. The fourth-order valence-electron chi connectivity index (χ4n) is 1.64. The molecule has 0 aliphatic heterocycles. The molecule has 16 heavy (non-hydrogen) atoms. The summed E-state index contributed by atoms with van der Waals surface area (Å²) in [6.45, 7) is 3.52. The Kier molecular flexibility index (Phi) is 3.00. The van der Waals surface area contributed by atoms with E-state index in [2.05, 4.69) is 9.97 Å². The first-order chi connectivity index (χ1) is 7.77. The number of aryl methyl sites for hydroxylation is 2. The molecule has 0 amide bonds. The lowest BCUT2D eigenvalue weighted by atomic mass is 10.4. The maximum absolute atomic E-state index is 8.76. The van der Waals surface area contributed by atoms with Gasteiger partial charge in [-0.15, -0.1) is 0 Å². The quantitative estimate of drug-likeness (QED) is 0.769. The van der Waals surface area contributed by atoms with Gasteiger partial charge in [-0.05, 0) is 13.3 Å². The van der Waals surface area contributed by atoms with Gasteiger partial charge in [-0.2, -0.15) is 0 Å². The molecule has 2 aromatic heterocycles. The molecule has 2 aromatic rings. The van der Waals surface area contributed by atoms with E-state index >= 15 is 0 Å². The summed E-state index contributed by atoms with van der Waals surface area (Å²) in [5.41, 5.74) is 1.71. The summed E-state index contributed by atoms with van der Waals surface area (Å²) in [5, 5.41) is 16.7. The fraction of sp³-hybridized carbons (Fsp3) is 0.500. The molecule has 2 rings (SSSR count). The maximum Gasteiger partial charge on any atom is 0.165 e. The molecule has 0 unspecified atom stereocenters. The van der Waals surface area contributed by atoms with Crippen LogP contribution in [0.15, 0.2) is 12.7 Å². The van der Waals surface area contributed by atoms with Gasteiger partial charge in [0, 0.05) is 19.7 Å². The Morgan fingerprint density at radius 3 is 2.75 bits per heavy atom. The van der Waals surface area contributed by atoms with Crippen molar-refractivity contribution in [2.75, 3.05) is 6.61 Å². The molecule has 0 saturated heterocycles. The smallest absolute Gasteiger partial charge is 0.165 e. The molecule has 0 bridgehead atoms. The SMILES string of the molecule is CCn1cnc2c(=N)n(CCCO)cnc21. The first-order valence-corrected chi connectivity index (χ1v) is 5.33. The number of aromatic nitrogens is 4. The molecule has 2 heterocycles. The third kappa shape index (κ3) is 1.71. The van der Waals surface area contributed by atoms with Crippen molar-refractivity contribution in [3.8, 4) is 0 Å². The van der Waals surface area contributed by atoms with Crippen molar-refractivity contribution >= 4 is 11.2 Å². The van der Waals surface area contributed by atoms with Crippen molar-refractivity contribution in [2.24, 2.45) is 0 Å². The van der Waals surface area contributed by atoms with Gasteiger partial charge in [0.05, 0.1) is 12.7 Å². The number of hydrogen-bond donors (Lipinski definition) is 2. The Morgan fingerprint density at radius 1 is 1.31 bits per heavy atom. The first-order valence-electron chi connectivity index (χ1n) is 5.33. The number of aliphatic hydroxyl groups excluding tert-OH is 1. The minimum Gasteiger partial charge on any atom is -0.396 e. The Bertz CT molecular complexity index is 542. The Hall–Kier alpha value is -1.69. The minimum absolute atomic E-state index is 0.119. The number of rotatable bonds is 4. The highest BCUT2D eigenvalue weighted by Crippen LogP contribution is 2.04. The molecular weight excluding hydrogens is 206 g/mol. The van der Waals surface area contributed by atoms with Crippen LogP contribution in [0.25, 0.3) is 11.2 Å². The molecule has 0 saturated carbocycles. The van der Waals surface area contributed by atoms with Gasteiger partial charge < -0.3 is 14.2 Å². The van der Waals surface area contributed by atoms with Crippen LogP contribution in [0, 0.1) is 5.41 Å². The van der Waals surface area contributed by atoms with Gasteiger partial charge in [0.25, 0.3) is 0 Å². The van der Waals surface area contributed by atoms with E-state index in [1.807, 2.05) is 11.5 Å². The number of imidazole rings is 1. The van der Waals surface area contributed by atoms with Crippen molar-refractivity contribution in [1.29, 1.82) is 5.41 Å². The van der Waals surface area contributed by atoms with Crippen molar-refractivity contribution in [2.45, 2.75) is 26.4 Å². The van der Waals surface area contributed by atoms with Crippen molar-refractivity contribution in [3.63, 3.8) is 0 Å². The summed E-state index contributed by atoms with van der Waals surface area (Å²) in [6.07, 6.45) is 3.96. The van der Waals surface area contributed by atoms with Gasteiger partial charge in [-0.1, -0.05) is 0 Å². The third-order valence-electron chi connectivity index (χ3n) is 2.54. The van der Waals surface area contributed by atoms with Crippen LogP contribution in [-0.4, -0.2) is 30.8 Å². The second-order valence-corrected chi connectivity index (χ2v) is 3.57. The summed E-state index contributed by atoms with van der Waals surface area (Å²) < 4.78 is 3.61. The number of nitrogens with one attached hydrogen (secondary N) is 1. The Morgan fingerprint density at radius 2 is 2.06 bits per heavy atom. The molecular formula is C10H15N5O. The van der Waals surface area contributed by atoms with Crippen LogP contribution >= 0.6 is 0 Å². The van der Waals surface area contributed by atoms with E-state index in [1.165, 1.54) is 0 Å². The second kappa shape index (κ2) is 4.44. The summed E-state index contributed by atoms with van der Waals surface area (Å²) in [6, 6.07) is 0. The van der Waals surface area contributed by atoms with E-state index in [1.54, 1.807) is 17.2 Å². The van der Waals surface area contributed by atoms with Crippen LogP contribution in [0.4, 0.5) is 0 Å². The number of fused-ring (bicyclic) bond motifs is 1. The van der Waals surface area contributed by atoms with Crippen LogP contribution in [0.2, 0.25) is 0 Å². The lowest BCUT2D eigenvalue weighted by Crippen LogP contribution is -2.21. The zero-order valence-corrected chi connectivity index (χ0v) is 9.22. The van der Waals surface area contributed by atoms with Crippen LogP contribution in [0.5, 0.6) is 0 Å². The average Bonchev–Trinajstić information content (AvgIpc) is 2.72. The molecule has 6 heteroatoms. The molecule has 0 radical (unpaired) electrons. The van der Waals surface area contributed by atoms with E-state index in [-0.39, 0.29) is 6.61 Å². The van der Waals surface area contributed by atoms with E-state index < -0.39 is 0 Å². The fourth-order valence-corrected chi connectivity index (χ4v) is 1.64. The van der Waals surface area contributed by atoms with Gasteiger partial charge in [0.2, 0.25) is 0 Å². The summed E-state index contributed by atoms with van der Waals surface area (Å²) in [4.78, 5) is 8.47. The van der Waals surface area contributed by atoms with Crippen LogP contribution in [-0.2, 0) is 13.1 Å². The van der Waals surface area contributed by atoms with E-state index in [0.29, 0.717) is 24.0 Å². The van der Waals surface area contributed by atoms with Crippen LogP contribution in [0.3, 0.4) is 0 Å². The zero-order chi connectivity index (χ0) is 11.5. The molecule has 6 nitrogen and oxygen atoms in total. The van der Waals surface area contributed by atoms with Gasteiger partial charge in [-0.25, -0.2) is 9.97 Å². The largest absolute Gasteiger partial charge is 0.396 e. The van der Waals surface area contributed by atoms with Crippen LogP contribution in [0.1, 0.15) is 13.3 Å². The van der Waals surface area contributed by atoms with Crippen molar-refractivity contribution < 1.29 is 5.11 Å². The highest BCUT2D eigenvalue weighted by Gasteiger charge is 2.06. The second-order valence-electron chi connectivity index (χ2n) is 3.57. The van der Waals surface area contributed by atoms with E-state index in [4.69, 9.17) is 10.5 Å². The van der Waals surface area contributed by atoms with Gasteiger partial charge in [0.1, 0.15) is 5.52 Å². The molecule has 0 fully saturated rings. The van der Waals surface area contributed by atoms with Gasteiger partial charge in [0.15, 0.2) is 11.1 Å². The Labute approximate surface area is 92.7 Å².